The third kappa shape index (κ3) is 7.77. The van der Waals surface area contributed by atoms with Crippen molar-refractivity contribution in [1.82, 2.24) is 10.2 Å². The van der Waals surface area contributed by atoms with Gasteiger partial charge in [-0.15, -0.1) is 0 Å². The fraction of sp³-hybridized carbons (Fsp3) is 0.344. The standard InChI is InChI=1S/C32H40N4O3/c1-2-34-22-32(33)18-19-36(23-32)21-30(39)35-27-14-10-25(11-15-27)31(26-12-16-28(38)17-13-26)29(9-6-20-37)24-7-4-3-5-8-24/h3-5,7-8,10-17,34,37-38H,2,6,9,18-23,33H2,1H3,(H,35,39)/b31-29+/t32-/m0/s1. The molecule has 0 aromatic heterocycles. The van der Waals surface area contributed by atoms with Gasteiger partial charge in [-0.3, -0.25) is 9.69 Å². The topological polar surface area (TPSA) is 111 Å². The van der Waals surface area contributed by atoms with E-state index < -0.39 is 0 Å². The molecule has 0 saturated carbocycles. The fourth-order valence-corrected chi connectivity index (χ4v) is 5.21. The number of likely N-dealkylation sites (tertiary alicyclic amines) is 1. The molecule has 6 N–H and O–H groups in total. The number of hydrogen-bond donors (Lipinski definition) is 5. The van der Waals surface area contributed by atoms with E-state index in [-0.39, 0.29) is 23.8 Å². The van der Waals surface area contributed by atoms with Crippen molar-refractivity contribution < 1.29 is 15.0 Å². The quantitative estimate of drug-likeness (QED) is 0.227. The SMILES string of the molecule is CCNC[C@@]1(N)CCN(CC(=O)Nc2ccc(/C(=C(/CCCO)c3ccccc3)c3ccc(O)cc3)cc2)C1. The van der Waals surface area contributed by atoms with Crippen LogP contribution in [0.4, 0.5) is 5.69 Å². The number of aliphatic hydroxyl groups is 1. The summed E-state index contributed by atoms with van der Waals surface area (Å²) in [6, 6.07) is 25.2. The van der Waals surface area contributed by atoms with Gasteiger partial charge in [-0.25, -0.2) is 0 Å². The summed E-state index contributed by atoms with van der Waals surface area (Å²) in [4.78, 5) is 14.9. The molecular weight excluding hydrogens is 488 g/mol. The molecule has 1 aliphatic heterocycles. The highest BCUT2D eigenvalue weighted by Crippen LogP contribution is 2.36. The van der Waals surface area contributed by atoms with Crippen LogP contribution in [0.2, 0.25) is 0 Å². The van der Waals surface area contributed by atoms with E-state index in [0.717, 1.165) is 59.6 Å². The number of phenolic OH excluding ortho intramolecular Hbond substituents is 1. The number of carbonyl (C=O) groups excluding carboxylic acids is 1. The molecule has 0 radical (unpaired) electrons. The Kier molecular flexibility index (Phi) is 9.90. The largest absolute Gasteiger partial charge is 0.508 e. The van der Waals surface area contributed by atoms with Gasteiger partial charge in [0.2, 0.25) is 5.91 Å². The van der Waals surface area contributed by atoms with Crippen molar-refractivity contribution in [3.63, 3.8) is 0 Å². The number of hydrogen-bond acceptors (Lipinski definition) is 6. The number of allylic oxidation sites excluding steroid dienone is 1. The van der Waals surface area contributed by atoms with Crippen LogP contribution in [0.1, 0.15) is 42.9 Å². The average molecular weight is 529 g/mol. The van der Waals surface area contributed by atoms with E-state index in [1.54, 1.807) is 12.1 Å². The maximum atomic E-state index is 12.8. The summed E-state index contributed by atoms with van der Waals surface area (Å²) in [5.74, 6) is 0.150. The first-order valence-electron chi connectivity index (χ1n) is 13.7. The highest BCUT2D eigenvalue weighted by atomic mass is 16.3. The summed E-state index contributed by atoms with van der Waals surface area (Å²) in [6.07, 6.45) is 2.20. The Morgan fingerprint density at radius 1 is 0.974 bits per heavy atom. The number of amides is 1. The summed E-state index contributed by atoms with van der Waals surface area (Å²) in [5, 5.41) is 25.8. The molecule has 0 unspecified atom stereocenters. The molecule has 39 heavy (non-hydrogen) atoms. The molecule has 1 aliphatic rings. The smallest absolute Gasteiger partial charge is 0.238 e. The van der Waals surface area contributed by atoms with Crippen LogP contribution < -0.4 is 16.4 Å². The van der Waals surface area contributed by atoms with Gasteiger partial charge in [0, 0.05) is 37.5 Å². The molecule has 206 valence electrons. The van der Waals surface area contributed by atoms with E-state index in [4.69, 9.17) is 5.73 Å². The van der Waals surface area contributed by atoms with Gasteiger partial charge in [-0.1, -0.05) is 61.5 Å². The lowest BCUT2D eigenvalue weighted by atomic mass is 9.87. The number of phenols is 1. The summed E-state index contributed by atoms with van der Waals surface area (Å²) >= 11 is 0. The Morgan fingerprint density at radius 3 is 2.28 bits per heavy atom. The number of likely N-dealkylation sites (N-methyl/N-ethyl adjacent to an activating group) is 1. The van der Waals surface area contributed by atoms with Crippen LogP contribution >= 0.6 is 0 Å². The van der Waals surface area contributed by atoms with Crippen molar-refractivity contribution in [2.45, 2.75) is 31.7 Å². The normalized spacial score (nSPS) is 18.1. The number of anilines is 1. The monoisotopic (exact) mass is 528 g/mol. The Labute approximate surface area is 231 Å². The van der Waals surface area contributed by atoms with Gasteiger partial charge >= 0.3 is 0 Å². The van der Waals surface area contributed by atoms with Gasteiger partial charge in [0.1, 0.15) is 5.75 Å². The lowest BCUT2D eigenvalue weighted by Crippen LogP contribution is -2.51. The number of rotatable bonds is 12. The number of aliphatic hydroxyl groups excluding tert-OH is 1. The van der Waals surface area contributed by atoms with Crippen molar-refractivity contribution in [2.24, 2.45) is 5.73 Å². The first-order valence-corrected chi connectivity index (χ1v) is 13.7. The molecule has 0 bridgehead atoms. The Balaban J connectivity index is 1.55. The minimum atomic E-state index is -0.290. The van der Waals surface area contributed by atoms with Gasteiger partial charge in [0.25, 0.3) is 0 Å². The summed E-state index contributed by atoms with van der Waals surface area (Å²) in [5.41, 5.74) is 12.1. The van der Waals surface area contributed by atoms with Crippen LogP contribution in [-0.2, 0) is 4.79 Å². The maximum absolute atomic E-state index is 12.8. The predicted octanol–water partition coefficient (Wildman–Crippen LogP) is 4.08. The van der Waals surface area contributed by atoms with Crippen molar-refractivity contribution in [3.05, 3.63) is 95.6 Å². The lowest BCUT2D eigenvalue weighted by molar-refractivity contribution is -0.117. The third-order valence-electron chi connectivity index (χ3n) is 7.18. The minimum absolute atomic E-state index is 0.0577. The number of nitrogens with zero attached hydrogens (tertiary/aromatic N) is 1. The second kappa shape index (κ2) is 13.5. The fourth-order valence-electron chi connectivity index (χ4n) is 5.21. The molecule has 0 aliphatic carbocycles. The highest BCUT2D eigenvalue weighted by molar-refractivity contribution is 5.99. The van der Waals surface area contributed by atoms with Crippen molar-refractivity contribution in [1.29, 1.82) is 0 Å². The van der Waals surface area contributed by atoms with Gasteiger partial charge < -0.3 is 26.6 Å². The first kappa shape index (κ1) is 28.5. The molecule has 7 heteroatoms. The molecule has 1 atom stereocenters. The number of nitrogens with one attached hydrogen (secondary N) is 2. The van der Waals surface area contributed by atoms with Gasteiger partial charge in [0.05, 0.1) is 6.54 Å². The van der Waals surface area contributed by atoms with E-state index >= 15 is 0 Å². The lowest BCUT2D eigenvalue weighted by Gasteiger charge is -2.24. The van der Waals surface area contributed by atoms with E-state index in [0.29, 0.717) is 25.9 Å². The van der Waals surface area contributed by atoms with Crippen molar-refractivity contribution in [2.75, 3.05) is 44.6 Å². The molecule has 1 fully saturated rings. The Morgan fingerprint density at radius 2 is 1.64 bits per heavy atom. The Bertz CT molecular complexity index is 1240. The molecule has 4 rings (SSSR count). The molecule has 1 saturated heterocycles. The van der Waals surface area contributed by atoms with Crippen molar-refractivity contribution >= 4 is 22.7 Å². The van der Waals surface area contributed by atoms with Crippen LogP contribution in [0, 0.1) is 0 Å². The van der Waals surface area contributed by atoms with Crippen LogP contribution in [0.3, 0.4) is 0 Å². The summed E-state index contributed by atoms with van der Waals surface area (Å²) < 4.78 is 0. The highest BCUT2D eigenvalue weighted by Gasteiger charge is 2.34. The van der Waals surface area contributed by atoms with Crippen LogP contribution in [0.15, 0.2) is 78.9 Å². The van der Waals surface area contributed by atoms with Gasteiger partial charge in [-0.05, 0) is 77.9 Å². The van der Waals surface area contributed by atoms with Gasteiger partial charge in [0.15, 0.2) is 0 Å². The van der Waals surface area contributed by atoms with Crippen LogP contribution in [0.25, 0.3) is 11.1 Å². The second-order valence-corrected chi connectivity index (χ2v) is 10.3. The number of nitrogens with two attached hydrogens (primary N) is 1. The predicted molar refractivity (Wildman–Crippen MR) is 158 cm³/mol. The van der Waals surface area contributed by atoms with E-state index in [9.17, 15) is 15.0 Å². The molecule has 7 nitrogen and oxygen atoms in total. The van der Waals surface area contributed by atoms with Crippen molar-refractivity contribution in [3.8, 4) is 5.75 Å². The molecule has 3 aromatic carbocycles. The average Bonchev–Trinajstić information content (AvgIpc) is 3.32. The summed E-state index contributed by atoms with van der Waals surface area (Å²) in [6.45, 7) is 5.62. The molecule has 1 amide bonds. The molecule has 0 spiro atoms. The summed E-state index contributed by atoms with van der Waals surface area (Å²) in [7, 11) is 0. The zero-order valence-corrected chi connectivity index (χ0v) is 22.7. The molecule has 3 aromatic rings. The molecule has 1 heterocycles. The van der Waals surface area contributed by atoms with E-state index in [1.807, 2.05) is 54.6 Å². The number of aromatic hydroxyl groups is 1. The van der Waals surface area contributed by atoms with Crippen LogP contribution in [-0.4, -0.2) is 65.9 Å². The first-order chi connectivity index (χ1) is 18.9. The number of carbonyl (C=O) groups is 1. The van der Waals surface area contributed by atoms with E-state index in [1.165, 1.54) is 0 Å². The van der Waals surface area contributed by atoms with Gasteiger partial charge in [-0.2, -0.15) is 0 Å². The second-order valence-electron chi connectivity index (χ2n) is 10.3. The third-order valence-corrected chi connectivity index (χ3v) is 7.18. The maximum Gasteiger partial charge on any atom is 0.238 e. The van der Waals surface area contributed by atoms with Crippen LogP contribution in [0.5, 0.6) is 5.75 Å². The zero-order chi connectivity index (χ0) is 27.7. The minimum Gasteiger partial charge on any atom is -0.508 e. The number of benzene rings is 3. The Hall–Kier alpha value is -3.49. The molecular formula is C32H40N4O3. The van der Waals surface area contributed by atoms with E-state index in [2.05, 4.69) is 34.6 Å². The zero-order valence-electron chi connectivity index (χ0n) is 22.7.